The van der Waals surface area contributed by atoms with E-state index < -0.39 is 55.2 Å². The van der Waals surface area contributed by atoms with Gasteiger partial charge in [-0.3, -0.25) is 4.79 Å². The minimum Gasteiger partial charge on any atom is -0.459 e. The Morgan fingerprint density at radius 2 is 1.39 bits per heavy atom. The van der Waals surface area contributed by atoms with Crippen molar-refractivity contribution in [3.05, 3.63) is 108 Å². The average molecular weight is 522 g/mol. The first-order valence-corrected chi connectivity index (χ1v) is 12.1. The van der Waals surface area contributed by atoms with Crippen LogP contribution in [0.4, 0.5) is 4.39 Å². The maximum atomic E-state index is 15.9. The lowest BCUT2D eigenvalue weighted by Gasteiger charge is -2.42. The summed E-state index contributed by atoms with van der Waals surface area (Å²) in [5.74, 6) is -1.93. The van der Waals surface area contributed by atoms with E-state index in [1.165, 1.54) is 19.1 Å². The number of benzene rings is 3. The van der Waals surface area contributed by atoms with Crippen molar-refractivity contribution >= 4 is 17.8 Å². The van der Waals surface area contributed by atoms with Gasteiger partial charge < -0.3 is 24.3 Å². The molecule has 1 saturated heterocycles. The summed E-state index contributed by atoms with van der Waals surface area (Å²) in [6.07, 6.45) is -5.97. The highest BCUT2D eigenvalue weighted by Gasteiger charge is 2.50. The molecule has 1 fully saturated rings. The molecule has 1 aliphatic heterocycles. The first-order valence-electron chi connectivity index (χ1n) is 12.1. The van der Waals surface area contributed by atoms with Gasteiger partial charge in [0.15, 0.2) is 18.6 Å². The van der Waals surface area contributed by atoms with Gasteiger partial charge in [0.2, 0.25) is 5.91 Å². The Bertz CT molecular complexity index is 1210. The second kappa shape index (κ2) is 12.9. The smallest absolute Gasteiger partial charge is 0.338 e. The lowest BCUT2D eigenvalue weighted by atomic mass is 9.97. The summed E-state index contributed by atoms with van der Waals surface area (Å²) in [7, 11) is 0. The number of ether oxygens (including phenoxy) is 4. The first kappa shape index (κ1) is 27.0. The minimum absolute atomic E-state index is 0.0778. The van der Waals surface area contributed by atoms with Gasteiger partial charge in [-0.15, -0.1) is 0 Å². The third-order valence-electron chi connectivity index (χ3n) is 5.89. The van der Waals surface area contributed by atoms with Gasteiger partial charge in [0, 0.05) is 6.92 Å². The summed E-state index contributed by atoms with van der Waals surface area (Å²) >= 11 is 0. The molecule has 0 bridgehead atoms. The molecule has 1 heterocycles. The van der Waals surface area contributed by atoms with E-state index in [9.17, 15) is 14.4 Å². The third-order valence-corrected chi connectivity index (χ3v) is 5.89. The average Bonchev–Trinajstić information content (AvgIpc) is 2.95. The molecule has 198 valence electrons. The molecule has 5 atom stereocenters. The molecule has 0 saturated carbocycles. The standard InChI is InChI=1S/C29H28FNO7/c1-19(32)31-25-26(38-28(34)22-15-9-4-10-16-22)24(30)23(18-35-27(33)21-13-7-3-8-14-21)37-29(25)36-17-20-11-5-2-6-12-20/h2-16,23-26,29H,17-18H2,1H3,(H,31,32)/t23-,24-,25-,26+,29+/m1/s1. The molecule has 9 heteroatoms. The molecule has 1 amide bonds. The van der Waals surface area contributed by atoms with E-state index in [1.54, 1.807) is 48.5 Å². The molecule has 0 radical (unpaired) electrons. The first-order chi connectivity index (χ1) is 18.4. The van der Waals surface area contributed by atoms with E-state index in [4.69, 9.17) is 18.9 Å². The van der Waals surface area contributed by atoms with Crippen molar-refractivity contribution in [1.82, 2.24) is 5.32 Å². The normalized spacial score (nSPS) is 22.7. The van der Waals surface area contributed by atoms with E-state index in [2.05, 4.69) is 5.32 Å². The van der Waals surface area contributed by atoms with Crippen LogP contribution >= 0.6 is 0 Å². The minimum atomic E-state index is -1.94. The van der Waals surface area contributed by atoms with Crippen LogP contribution in [0.15, 0.2) is 91.0 Å². The van der Waals surface area contributed by atoms with Gasteiger partial charge in [0.05, 0.1) is 17.7 Å². The van der Waals surface area contributed by atoms with Gasteiger partial charge >= 0.3 is 11.9 Å². The van der Waals surface area contributed by atoms with Crippen LogP contribution < -0.4 is 5.32 Å². The molecule has 0 spiro atoms. The number of halogens is 1. The Hall–Kier alpha value is -4.08. The Labute approximate surface area is 219 Å². The third kappa shape index (κ3) is 7.02. The van der Waals surface area contributed by atoms with E-state index >= 15 is 4.39 Å². The highest BCUT2D eigenvalue weighted by molar-refractivity contribution is 5.90. The molecular weight excluding hydrogens is 493 g/mol. The van der Waals surface area contributed by atoms with Gasteiger partial charge in [-0.2, -0.15) is 0 Å². The number of esters is 2. The van der Waals surface area contributed by atoms with Gasteiger partial charge in [0.1, 0.15) is 18.8 Å². The summed E-state index contributed by atoms with van der Waals surface area (Å²) in [5, 5.41) is 2.60. The predicted molar refractivity (Wildman–Crippen MR) is 135 cm³/mol. The second-order valence-electron chi connectivity index (χ2n) is 8.71. The van der Waals surface area contributed by atoms with E-state index in [0.717, 1.165) is 5.56 Å². The summed E-state index contributed by atoms with van der Waals surface area (Å²) in [4.78, 5) is 37.4. The highest BCUT2D eigenvalue weighted by atomic mass is 19.1. The van der Waals surface area contributed by atoms with E-state index in [1.807, 2.05) is 30.3 Å². The van der Waals surface area contributed by atoms with Gasteiger partial charge in [-0.1, -0.05) is 66.7 Å². The fourth-order valence-corrected chi connectivity index (χ4v) is 4.03. The van der Waals surface area contributed by atoms with Gasteiger partial charge in [-0.25, -0.2) is 14.0 Å². The van der Waals surface area contributed by atoms with Crippen LogP contribution in [-0.2, 0) is 30.3 Å². The molecule has 1 aliphatic rings. The number of rotatable bonds is 9. The number of amides is 1. The van der Waals surface area contributed by atoms with Crippen molar-refractivity contribution in [3.8, 4) is 0 Å². The molecule has 3 aromatic carbocycles. The lowest BCUT2D eigenvalue weighted by molar-refractivity contribution is -0.261. The Kier molecular flexibility index (Phi) is 9.18. The zero-order valence-electron chi connectivity index (χ0n) is 20.7. The summed E-state index contributed by atoms with van der Waals surface area (Å²) in [6, 6.07) is 24.4. The molecular formula is C29H28FNO7. The van der Waals surface area contributed by atoms with Crippen LogP contribution in [0.2, 0.25) is 0 Å². The van der Waals surface area contributed by atoms with Crippen molar-refractivity contribution in [2.45, 2.75) is 44.2 Å². The van der Waals surface area contributed by atoms with Gasteiger partial charge in [0.25, 0.3) is 0 Å². The van der Waals surface area contributed by atoms with Crippen LogP contribution in [-0.4, -0.2) is 55.2 Å². The van der Waals surface area contributed by atoms with Crippen molar-refractivity contribution in [2.24, 2.45) is 0 Å². The van der Waals surface area contributed by atoms with Gasteiger partial charge in [-0.05, 0) is 29.8 Å². The zero-order chi connectivity index (χ0) is 26.9. The second-order valence-corrected chi connectivity index (χ2v) is 8.71. The van der Waals surface area contributed by atoms with Crippen LogP contribution in [0.1, 0.15) is 33.2 Å². The molecule has 8 nitrogen and oxygen atoms in total. The fraction of sp³-hybridized carbons (Fsp3) is 0.276. The number of hydrogen-bond donors (Lipinski definition) is 1. The molecule has 1 N–H and O–H groups in total. The predicted octanol–water partition coefficient (Wildman–Crippen LogP) is 3.85. The van der Waals surface area contributed by atoms with Crippen molar-refractivity contribution < 1.29 is 37.7 Å². The molecule has 0 aromatic heterocycles. The maximum Gasteiger partial charge on any atom is 0.338 e. The van der Waals surface area contributed by atoms with Crippen molar-refractivity contribution in [3.63, 3.8) is 0 Å². The molecule has 0 aliphatic carbocycles. The summed E-state index contributed by atoms with van der Waals surface area (Å²) in [5.41, 5.74) is 1.31. The Morgan fingerprint density at radius 3 is 1.97 bits per heavy atom. The maximum absolute atomic E-state index is 15.9. The summed E-state index contributed by atoms with van der Waals surface area (Å²) < 4.78 is 38.6. The quantitative estimate of drug-likeness (QED) is 0.427. The van der Waals surface area contributed by atoms with Crippen LogP contribution in [0.5, 0.6) is 0 Å². The fourth-order valence-electron chi connectivity index (χ4n) is 4.03. The van der Waals surface area contributed by atoms with Crippen LogP contribution in [0.25, 0.3) is 0 Å². The SMILES string of the molecule is CC(=O)N[C@H]1[C@@H](OCc2ccccc2)O[C@H](COC(=O)c2ccccc2)[C@@H](F)[C@@H]1OC(=O)c1ccccc1. The van der Waals surface area contributed by atoms with Crippen LogP contribution in [0.3, 0.4) is 0 Å². The number of nitrogens with one attached hydrogen (secondary N) is 1. The summed E-state index contributed by atoms with van der Waals surface area (Å²) in [6.45, 7) is 0.867. The van der Waals surface area contributed by atoms with E-state index in [-0.39, 0.29) is 12.2 Å². The highest BCUT2D eigenvalue weighted by Crippen LogP contribution is 2.29. The largest absolute Gasteiger partial charge is 0.459 e. The molecule has 38 heavy (non-hydrogen) atoms. The number of alkyl halides is 1. The van der Waals surface area contributed by atoms with Crippen molar-refractivity contribution in [2.75, 3.05) is 6.61 Å². The van der Waals surface area contributed by atoms with E-state index in [0.29, 0.717) is 5.56 Å². The zero-order valence-corrected chi connectivity index (χ0v) is 20.7. The Balaban J connectivity index is 1.56. The molecule has 4 rings (SSSR count). The lowest BCUT2D eigenvalue weighted by Crippen LogP contribution is -2.64. The number of carbonyl (C=O) groups is 3. The Morgan fingerprint density at radius 1 is 0.842 bits per heavy atom. The number of carbonyl (C=O) groups excluding carboxylic acids is 3. The monoisotopic (exact) mass is 521 g/mol. The topological polar surface area (TPSA) is 100 Å². The van der Waals surface area contributed by atoms with Crippen molar-refractivity contribution in [1.29, 1.82) is 0 Å². The number of hydrogen-bond acceptors (Lipinski definition) is 7. The molecule has 0 unspecified atom stereocenters. The van der Waals surface area contributed by atoms with Crippen LogP contribution in [0, 0.1) is 0 Å². The molecule has 3 aromatic rings.